The van der Waals surface area contributed by atoms with Gasteiger partial charge in [-0.2, -0.15) is 0 Å². The topological polar surface area (TPSA) is 29.5 Å². The molecule has 3 heteroatoms. The average molecular weight is 203 g/mol. The number of Topliss-reactive ketones (excluding diaryl/α,β-unsaturated/α-hetero) is 1. The van der Waals surface area contributed by atoms with Crippen LogP contribution in [-0.4, -0.2) is 24.0 Å². The zero-order valence-electron chi connectivity index (χ0n) is 8.69. The molecule has 3 rings (SSSR count). The monoisotopic (exact) mass is 203 g/mol. The van der Waals surface area contributed by atoms with Crippen molar-refractivity contribution in [2.75, 3.05) is 7.11 Å². The first-order chi connectivity index (χ1) is 7.33. The summed E-state index contributed by atoms with van der Waals surface area (Å²) >= 11 is 0. The molecule has 78 valence electrons. The first-order valence-electron chi connectivity index (χ1n) is 5.29. The minimum Gasteiger partial charge on any atom is -0.294 e. The molecule has 1 saturated carbocycles. The molecular formula is C12H13NO2. The van der Waals surface area contributed by atoms with E-state index in [1.54, 1.807) is 7.11 Å². The highest BCUT2D eigenvalue weighted by Crippen LogP contribution is 2.43. The average Bonchev–Trinajstić information content (AvgIpc) is 2.77. The summed E-state index contributed by atoms with van der Waals surface area (Å²) in [5.41, 5.74) is 3.24. The van der Waals surface area contributed by atoms with Crippen molar-refractivity contribution < 1.29 is 9.63 Å². The van der Waals surface area contributed by atoms with Crippen molar-refractivity contribution in [3.63, 3.8) is 0 Å². The zero-order valence-corrected chi connectivity index (χ0v) is 8.69. The Kier molecular flexibility index (Phi) is 1.83. The highest BCUT2D eigenvalue weighted by Gasteiger charge is 2.43. The lowest BCUT2D eigenvalue weighted by Gasteiger charge is -2.24. The van der Waals surface area contributed by atoms with Crippen LogP contribution in [0.25, 0.3) is 0 Å². The molecule has 1 unspecified atom stereocenters. The molecule has 1 heterocycles. The molecule has 0 radical (unpaired) electrons. The maximum atomic E-state index is 11.8. The Bertz CT molecular complexity index is 417. The van der Waals surface area contributed by atoms with Gasteiger partial charge in [0.15, 0.2) is 5.78 Å². The molecule has 1 aliphatic heterocycles. The lowest BCUT2D eigenvalue weighted by Crippen LogP contribution is -2.28. The van der Waals surface area contributed by atoms with Crippen LogP contribution in [0, 0.1) is 0 Å². The minimum atomic E-state index is 0.170. The summed E-state index contributed by atoms with van der Waals surface area (Å²) in [7, 11) is 1.67. The number of fused-ring (bicyclic) bond motifs is 2. The summed E-state index contributed by atoms with van der Waals surface area (Å²) in [6.45, 7) is 0. The highest BCUT2D eigenvalue weighted by atomic mass is 16.7. The molecule has 0 aromatic heterocycles. The number of allylic oxidation sites excluding steroid dienone is 4. The molecule has 0 spiro atoms. The van der Waals surface area contributed by atoms with Gasteiger partial charge in [0.1, 0.15) is 0 Å². The number of nitrogens with zero attached hydrogens (tertiary/aromatic N) is 1. The molecule has 1 atom stereocenters. The Labute approximate surface area is 88.7 Å². The Balaban J connectivity index is 2.13. The Morgan fingerprint density at radius 2 is 2.40 bits per heavy atom. The third-order valence-electron chi connectivity index (χ3n) is 3.34. The van der Waals surface area contributed by atoms with E-state index in [9.17, 15) is 4.79 Å². The van der Waals surface area contributed by atoms with Gasteiger partial charge in [-0.05, 0) is 24.5 Å². The summed E-state index contributed by atoms with van der Waals surface area (Å²) in [6, 6.07) is 0.170. The second kappa shape index (κ2) is 3.07. The van der Waals surface area contributed by atoms with Crippen molar-refractivity contribution in [3.8, 4) is 0 Å². The highest BCUT2D eigenvalue weighted by molar-refractivity contribution is 6.01. The van der Waals surface area contributed by atoms with Crippen LogP contribution in [0.4, 0.5) is 0 Å². The minimum absolute atomic E-state index is 0.170. The van der Waals surface area contributed by atoms with Crippen molar-refractivity contribution >= 4 is 5.78 Å². The van der Waals surface area contributed by atoms with Gasteiger partial charge in [-0.25, -0.2) is 5.06 Å². The predicted molar refractivity (Wildman–Crippen MR) is 55.7 cm³/mol. The lowest BCUT2D eigenvalue weighted by molar-refractivity contribution is -0.116. The summed E-state index contributed by atoms with van der Waals surface area (Å²) < 4.78 is 0. The maximum Gasteiger partial charge on any atom is 0.161 e. The van der Waals surface area contributed by atoms with E-state index in [4.69, 9.17) is 4.84 Å². The van der Waals surface area contributed by atoms with E-state index >= 15 is 0 Å². The molecular weight excluding hydrogens is 190 g/mol. The molecule has 0 aromatic carbocycles. The molecule has 2 aliphatic carbocycles. The number of carbonyl (C=O) groups is 1. The van der Waals surface area contributed by atoms with Crippen LogP contribution in [0.5, 0.6) is 0 Å². The first kappa shape index (κ1) is 8.92. The van der Waals surface area contributed by atoms with E-state index in [-0.39, 0.29) is 6.04 Å². The molecule has 3 nitrogen and oxygen atoms in total. The fourth-order valence-electron chi connectivity index (χ4n) is 2.73. The predicted octanol–water partition coefficient (Wildman–Crippen LogP) is 1.74. The summed E-state index contributed by atoms with van der Waals surface area (Å²) in [5, 5.41) is 1.89. The van der Waals surface area contributed by atoms with E-state index in [1.807, 2.05) is 17.2 Å². The third kappa shape index (κ3) is 1.07. The largest absolute Gasteiger partial charge is 0.294 e. The van der Waals surface area contributed by atoms with E-state index in [2.05, 4.69) is 6.08 Å². The molecule has 0 bridgehead atoms. The SMILES string of the molecule is CON1C2=CC=CCC2=C2C(=O)CCC21. The van der Waals surface area contributed by atoms with Gasteiger partial charge in [-0.3, -0.25) is 9.63 Å². The standard InChI is InChI=1S/C12H13NO2/c1-15-13-9-5-3-2-4-8(9)12-10(13)6-7-11(12)14/h2-3,5,10H,4,6-7H2,1H3. The Hall–Kier alpha value is -1.35. The lowest BCUT2D eigenvalue weighted by atomic mass is 9.99. The number of hydrogen-bond acceptors (Lipinski definition) is 3. The van der Waals surface area contributed by atoms with Gasteiger partial charge in [0.2, 0.25) is 0 Å². The summed E-state index contributed by atoms with van der Waals surface area (Å²) in [5.74, 6) is 0.302. The normalized spacial score (nSPS) is 28.3. The van der Waals surface area contributed by atoms with E-state index in [0.717, 1.165) is 24.1 Å². The van der Waals surface area contributed by atoms with Crippen LogP contribution in [0.15, 0.2) is 35.1 Å². The van der Waals surface area contributed by atoms with Crippen LogP contribution < -0.4 is 0 Å². The van der Waals surface area contributed by atoms with Crippen molar-refractivity contribution in [2.45, 2.75) is 25.3 Å². The van der Waals surface area contributed by atoms with Crippen LogP contribution in [0.3, 0.4) is 0 Å². The van der Waals surface area contributed by atoms with Gasteiger partial charge < -0.3 is 0 Å². The second-order valence-electron chi connectivity index (χ2n) is 4.06. The quantitative estimate of drug-likeness (QED) is 0.650. The van der Waals surface area contributed by atoms with Crippen molar-refractivity contribution in [1.29, 1.82) is 0 Å². The number of ketones is 1. The third-order valence-corrected chi connectivity index (χ3v) is 3.34. The molecule has 1 fully saturated rings. The first-order valence-corrected chi connectivity index (χ1v) is 5.29. The zero-order chi connectivity index (χ0) is 10.4. The van der Waals surface area contributed by atoms with E-state index < -0.39 is 0 Å². The number of rotatable bonds is 1. The fraction of sp³-hybridized carbons (Fsp3) is 0.417. The van der Waals surface area contributed by atoms with E-state index in [1.165, 1.54) is 5.57 Å². The Morgan fingerprint density at radius 3 is 3.20 bits per heavy atom. The Morgan fingerprint density at radius 1 is 1.53 bits per heavy atom. The molecule has 0 amide bonds. The smallest absolute Gasteiger partial charge is 0.161 e. The van der Waals surface area contributed by atoms with Gasteiger partial charge in [0.25, 0.3) is 0 Å². The molecule has 15 heavy (non-hydrogen) atoms. The van der Waals surface area contributed by atoms with Crippen LogP contribution >= 0.6 is 0 Å². The van der Waals surface area contributed by atoms with Gasteiger partial charge in [0.05, 0.1) is 18.8 Å². The molecule has 0 aromatic rings. The second-order valence-corrected chi connectivity index (χ2v) is 4.06. The van der Waals surface area contributed by atoms with Crippen molar-refractivity contribution in [2.24, 2.45) is 0 Å². The van der Waals surface area contributed by atoms with Gasteiger partial charge in [0, 0.05) is 12.0 Å². The van der Waals surface area contributed by atoms with Gasteiger partial charge >= 0.3 is 0 Å². The van der Waals surface area contributed by atoms with Crippen LogP contribution in [0.2, 0.25) is 0 Å². The van der Waals surface area contributed by atoms with Crippen LogP contribution in [0.1, 0.15) is 19.3 Å². The maximum absolute atomic E-state index is 11.8. The number of carbonyl (C=O) groups excluding carboxylic acids is 1. The van der Waals surface area contributed by atoms with Gasteiger partial charge in [-0.15, -0.1) is 0 Å². The van der Waals surface area contributed by atoms with Crippen molar-refractivity contribution in [1.82, 2.24) is 5.06 Å². The number of hydroxylamine groups is 2. The molecule has 0 N–H and O–H groups in total. The molecule has 3 aliphatic rings. The number of hydrogen-bond donors (Lipinski definition) is 0. The van der Waals surface area contributed by atoms with Gasteiger partial charge in [-0.1, -0.05) is 12.2 Å². The fourth-order valence-corrected chi connectivity index (χ4v) is 2.73. The molecule has 0 saturated heterocycles. The summed E-state index contributed by atoms with van der Waals surface area (Å²) in [4.78, 5) is 17.2. The van der Waals surface area contributed by atoms with Crippen LogP contribution in [-0.2, 0) is 9.63 Å². The van der Waals surface area contributed by atoms with Crippen molar-refractivity contribution in [3.05, 3.63) is 35.1 Å². The van der Waals surface area contributed by atoms with E-state index in [0.29, 0.717) is 12.2 Å². The summed E-state index contributed by atoms with van der Waals surface area (Å²) in [6.07, 6.45) is 8.57.